The molecular formula is C14H22BN3O2. The Morgan fingerprint density at radius 3 is 2.85 bits per heavy atom. The molecule has 0 bridgehead atoms. The first-order valence-corrected chi connectivity index (χ1v) is 7.17. The molecule has 1 aromatic rings. The number of rotatable bonds is 5. The Morgan fingerprint density at radius 1 is 1.55 bits per heavy atom. The summed E-state index contributed by atoms with van der Waals surface area (Å²) in [5.74, 6) is 1.25. The van der Waals surface area contributed by atoms with Crippen LogP contribution >= 0.6 is 0 Å². The quantitative estimate of drug-likeness (QED) is 0.795. The highest BCUT2D eigenvalue weighted by molar-refractivity contribution is 6.52. The summed E-state index contributed by atoms with van der Waals surface area (Å²) < 4.78 is 0. The van der Waals surface area contributed by atoms with Gasteiger partial charge in [-0.3, -0.25) is 9.69 Å². The van der Waals surface area contributed by atoms with E-state index in [-0.39, 0.29) is 5.92 Å². The van der Waals surface area contributed by atoms with Crippen molar-refractivity contribution in [1.29, 1.82) is 0 Å². The molecule has 1 saturated heterocycles. The second-order valence-electron chi connectivity index (χ2n) is 5.53. The molecule has 1 aliphatic heterocycles. The van der Waals surface area contributed by atoms with E-state index in [4.69, 9.17) is 0 Å². The van der Waals surface area contributed by atoms with E-state index >= 15 is 0 Å². The number of aromatic nitrogens is 1. The van der Waals surface area contributed by atoms with Crippen LogP contribution in [0.3, 0.4) is 0 Å². The van der Waals surface area contributed by atoms with Crippen molar-refractivity contribution in [3.05, 3.63) is 23.9 Å². The number of nitrogens with zero attached hydrogens (tertiary/aromatic N) is 2. The smallest absolute Gasteiger partial charge is 0.408 e. The predicted molar refractivity (Wildman–Crippen MR) is 80.4 cm³/mol. The standard InChI is InChI=1S/C14H22BN3O2/c1-11(19)13-4-7-18(8-5-13)10-12-3-6-16-14(9-12)17-15(2)20/h3,6,9,13,20H,4-5,7-8,10H2,1-2H3,(H,16,17). The fourth-order valence-electron chi connectivity index (χ4n) is 2.62. The summed E-state index contributed by atoms with van der Waals surface area (Å²) in [4.78, 5) is 17.9. The Labute approximate surface area is 120 Å². The zero-order valence-corrected chi connectivity index (χ0v) is 12.2. The second kappa shape index (κ2) is 6.86. The lowest BCUT2D eigenvalue weighted by Crippen LogP contribution is -2.35. The molecule has 5 nitrogen and oxygen atoms in total. The van der Waals surface area contributed by atoms with Gasteiger partial charge in [0.25, 0.3) is 0 Å². The normalized spacial score (nSPS) is 16.9. The molecule has 0 saturated carbocycles. The van der Waals surface area contributed by atoms with Crippen molar-refractivity contribution in [1.82, 2.24) is 9.88 Å². The highest BCUT2D eigenvalue weighted by atomic mass is 16.2. The Morgan fingerprint density at radius 2 is 2.25 bits per heavy atom. The molecule has 2 rings (SSSR count). The molecule has 0 unspecified atom stereocenters. The highest BCUT2D eigenvalue weighted by Crippen LogP contribution is 2.20. The zero-order valence-electron chi connectivity index (χ0n) is 12.2. The highest BCUT2D eigenvalue weighted by Gasteiger charge is 2.22. The van der Waals surface area contributed by atoms with Crippen LogP contribution < -0.4 is 5.23 Å². The van der Waals surface area contributed by atoms with E-state index < -0.39 is 7.05 Å². The van der Waals surface area contributed by atoms with E-state index in [2.05, 4.69) is 15.1 Å². The number of anilines is 1. The average Bonchev–Trinajstić information content (AvgIpc) is 2.39. The van der Waals surface area contributed by atoms with Gasteiger partial charge in [-0.15, -0.1) is 0 Å². The number of carbonyl (C=O) groups is 1. The van der Waals surface area contributed by atoms with Gasteiger partial charge in [-0.05, 0) is 57.4 Å². The van der Waals surface area contributed by atoms with Crippen LogP contribution in [0.1, 0.15) is 25.3 Å². The average molecular weight is 275 g/mol. The van der Waals surface area contributed by atoms with E-state index in [9.17, 15) is 9.82 Å². The minimum atomic E-state index is -0.607. The van der Waals surface area contributed by atoms with E-state index in [1.807, 2.05) is 12.1 Å². The number of nitrogens with one attached hydrogen (secondary N) is 1. The van der Waals surface area contributed by atoms with Crippen molar-refractivity contribution in [3.63, 3.8) is 0 Å². The number of piperidine rings is 1. The minimum Gasteiger partial charge on any atom is -0.433 e. The van der Waals surface area contributed by atoms with Crippen molar-refractivity contribution in [2.24, 2.45) is 5.92 Å². The summed E-state index contributed by atoms with van der Waals surface area (Å²) in [7, 11) is -0.607. The SMILES string of the molecule is CB(O)Nc1cc(CN2CCC(C(C)=O)CC2)ccn1. The summed E-state index contributed by atoms with van der Waals surface area (Å²) in [5.41, 5.74) is 1.17. The third kappa shape index (κ3) is 4.32. The molecule has 1 aliphatic rings. The van der Waals surface area contributed by atoms with E-state index in [1.165, 1.54) is 5.56 Å². The monoisotopic (exact) mass is 275 g/mol. The van der Waals surface area contributed by atoms with Crippen LogP contribution in [-0.4, -0.2) is 40.8 Å². The molecule has 0 aromatic carbocycles. The van der Waals surface area contributed by atoms with Crippen molar-refractivity contribution >= 4 is 18.7 Å². The largest absolute Gasteiger partial charge is 0.433 e. The first-order valence-electron chi connectivity index (χ1n) is 7.17. The molecule has 6 heteroatoms. The maximum Gasteiger partial charge on any atom is 0.408 e. The lowest BCUT2D eigenvalue weighted by molar-refractivity contribution is -0.122. The summed E-state index contributed by atoms with van der Waals surface area (Å²) in [5, 5.41) is 12.2. The van der Waals surface area contributed by atoms with Gasteiger partial charge in [0.1, 0.15) is 11.6 Å². The topological polar surface area (TPSA) is 65.5 Å². The van der Waals surface area contributed by atoms with Gasteiger partial charge >= 0.3 is 7.05 Å². The van der Waals surface area contributed by atoms with Crippen LogP contribution in [0.25, 0.3) is 0 Å². The predicted octanol–water partition coefficient (Wildman–Crippen LogP) is 1.40. The Hall–Kier alpha value is -1.40. The molecule has 1 fully saturated rings. The molecule has 20 heavy (non-hydrogen) atoms. The third-order valence-electron chi connectivity index (χ3n) is 3.75. The van der Waals surface area contributed by atoms with E-state index in [0.717, 1.165) is 32.5 Å². The van der Waals surface area contributed by atoms with Gasteiger partial charge in [-0.1, -0.05) is 0 Å². The molecule has 108 valence electrons. The van der Waals surface area contributed by atoms with Crippen molar-refractivity contribution in [3.8, 4) is 0 Å². The summed E-state index contributed by atoms with van der Waals surface area (Å²) >= 11 is 0. The minimum absolute atomic E-state index is 0.246. The molecule has 0 radical (unpaired) electrons. The van der Waals surface area contributed by atoms with Crippen LogP contribution in [0.15, 0.2) is 18.3 Å². The summed E-state index contributed by atoms with van der Waals surface area (Å²) in [6.07, 6.45) is 3.67. The van der Waals surface area contributed by atoms with Gasteiger partial charge in [0.2, 0.25) is 0 Å². The van der Waals surface area contributed by atoms with Crippen LogP contribution in [0, 0.1) is 5.92 Å². The Kier molecular flexibility index (Phi) is 5.14. The van der Waals surface area contributed by atoms with Crippen molar-refractivity contribution in [2.75, 3.05) is 18.3 Å². The summed E-state index contributed by atoms with van der Waals surface area (Å²) in [6.45, 7) is 6.15. The van der Waals surface area contributed by atoms with Gasteiger partial charge in [-0.2, -0.15) is 0 Å². The number of Topliss-reactive ketones (excluding diaryl/α,β-unsaturated/α-hetero) is 1. The van der Waals surface area contributed by atoms with Gasteiger partial charge < -0.3 is 10.3 Å². The molecule has 0 atom stereocenters. The fraction of sp³-hybridized carbons (Fsp3) is 0.571. The summed E-state index contributed by atoms with van der Waals surface area (Å²) in [6, 6.07) is 3.95. The van der Waals surface area contributed by atoms with Crippen LogP contribution in [-0.2, 0) is 11.3 Å². The third-order valence-corrected chi connectivity index (χ3v) is 3.75. The van der Waals surface area contributed by atoms with Gasteiger partial charge in [0.15, 0.2) is 0 Å². The molecule has 2 N–H and O–H groups in total. The van der Waals surface area contributed by atoms with Crippen molar-refractivity contribution < 1.29 is 9.82 Å². The van der Waals surface area contributed by atoms with Crippen LogP contribution in [0.2, 0.25) is 6.82 Å². The number of likely N-dealkylation sites (tertiary alicyclic amines) is 1. The lowest BCUT2D eigenvalue weighted by Gasteiger charge is -2.30. The molecule has 0 aliphatic carbocycles. The number of hydrogen-bond acceptors (Lipinski definition) is 5. The number of hydrogen-bond donors (Lipinski definition) is 2. The van der Waals surface area contributed by atoms with Gasteiger partial charge in [-0.25, -0.2) is 4.98 Å². The van der Waals surface area contributed by atoms with Crippen LogP contribution in [0.4, 0.5) is 5.82 Å². The molecule has 1 aromatic heterocycles. The molecular weight excluding hydrogens is 253 g/mol. The maximum absolute atomic E-state index is 11.4. The fourth-order valence-corrected chi connectivity index (χ4v) is 2.62. The molecule has 2 heterocycles. The Bertz CT molecular complexity index is 459. The second-order valence-corrected chi connectivity index (χ2v) is 5.53. The number of ketones is 1. The first kappa shape index (κ1) is 15.0. The lowest BCUT2D eigenvalue weighted by atomic mass is 9.89. The molecule has 0 spiro atoms. The number of pyridine rings is 1. The van der Waals surface area contributed by atoms with E-state index in [1.54, 1.807) is 19.9 Å². The van der Waals surface area contributed by atoms with E-state index in [0.29, 0.717) is 11.6 Å². The van der Waals surface area contributed by atoms with Gasteiger partial charge in [0, 0.05) is 18.7 Å². The van der Waals surface area contributed by atoms with Gasteiger partial charge in [0.05, 0.1) is 0 Å². The Balaban J connectivity index is 1.89. The van der Waals surface area contributed by atoms with Crippen LogP contribution in [0.5, 0.6) is 0 Å². The number of carbonyl (C=O) groups excluding carboxylic acids is 1. The first-order chi connectivity index (χ1) is 9.54. The van der Waals surface area contributed by atoms with Crippen molar-refractivity contribution in [2.45, 2.75) is 33.1 Å². The molecule has 0 amide bonds. The maximum atomic E-state index is 11.4. The zero-order chi connectivity index (χ0) is 14.5.